The zero-order chi connectivity index (χ0) is 9.52. The molecule has 1 aromatic rings. The molecule has 1 atom stereocenters. The van der Waals surface area contributed by atoms with Gasteiger partial charge in [-0.25, -0.2) is 0 Å². The number of aliphatic hydroxyl groups is 1. The fourth-order valence-corrected chi connectivity index (χ4v) is 1.29. The third-order valence-corrected chi connectivity index (χ3v) is 1.99. The fourth-order valence-electron chi connectivity index (χ4n) is 1.29. The molecule has 0 aliphatic rings. The van der Waals surface area contributed by atoms with E-state index in [4.69, 9.17) is 0 Å². The molecule has 2 N–H and O–H groups in total. The van der Waals surface area contributed by atoms with Gasteiger partial charge in [-0.2, -0.15) is 0 Å². The van der Waals surface area contributed by atoms with Gasteiger partial charge in [0.1, 0.15) is 6.23 Å². The molecule has 0 radical (unpaired) electrons. The highest BCUT2D eigenvalue weighted by Gasteiger charge is 2.00. The maximum atomic E-state index is 9.40. The summed E-state index contributed by atoms with van der Waals surface area (Å²) >= 11 is 0. The largest absolute Gasteiger partial charge is 0.379 e. The van der Waals surface area contributed by atoms with E-state index in [9.17, 15) is 5.11 Å². The van der Waals surface area contributed by atoms with Crippen molar-refractivity contribution in [1.82, 2.24) is 5.32 Å². The van der Waals surface area contributed by atoms with Gasteiger partial charge in [-0.15, -0.1) is 0 Å². The van der Waals surface area contributed by atoms with Crippen molar-refractivity contribution in [2.45, 2.75) is 26.0 Å². The van der Waals surface area contributed by atoms with Crippen LogP contribution in [0.5, 0.6) is 0 Å². The summed E-state index contributed by atoms with van der Waals surface area (Å²) in [6.45, 7) is 2.81. The predicted octanol–water partition coefficient (Wildman–Crippen LogP) is 1.55. The number of rotatable bonds is 5. The van der Waals surface area contributed by atoms with Crippen LogP contribution in [0.15, 0.2) is 30.3 Å². The molecule has 0 bridgehead atoms. The highest BCUT2D eigenvalue weighted by molar-refractivity contribution is 5.14. The highest BCUT2D eigenvalue weighted by atomic mass is 16.3. The molecule has 1 rings (SSSR count). The Morgan fingerprint density at radius 2 is 2.00 bits per heavy atom. The molecule has 0 aliphatic heterocycles. The van der Waals surface area contributed by atoms with Gasteiger partial charge in [0, 0.05) is 0 Å². The third kappa shape index (κ3) is 4.06. The molecule has 0 aromatic heterocycles. The van der Waals surface area contributed by atoms with E-state index in [1.165, 1.54) is 5.56 Å². The second kappa shape index (κ2) is 5.73. The van der Waals surface area contributed by atoms with Gasteiger partial charge >= 0.3 is 0 Å². The van der Waals surface area contributed by atoms with Gasteiger partial charge in [0.15, 0.2) is 0 Å². The minimum absolute atomic E-state index is 0.370. The second-order valence-corrected chi connectivity index (χ2v) is 3.10. The van der Waals surface area contributed by atoms with Crippen LogP contribution in [0.1, 0.15) is 18.9 Å². The van der Waals surface area contributed by atoms with Crippen LogP contribution < -0.4 is 5.32 Å². The summed E-state index contributed by atoms with van der Waals surface area (Å²) in [5.74, 6) is 0. The van der Waals surface area contributed by atoms with Crippen LogP contribution in [0.25, 0.3) is 0 Å². The molecule has 72 valence electrons. The Bertz CT molecular complexity index is 223. The van der Waals surface area contributed by atoms with Crippen molar-refractivity contribution in [3.63, 3.8) is 0 Å². The van der Waals surface area contributed by atoms with E-state index < -0.39 is 0 Å². The van der Waals surface area contributed by atoms with Crippen molar-refractivity contribution in [3.8, 4) is 0 Å². The van der Waals surface area contributed by atoms with E-state index in [1.54, 1.807) is 0 Å². The van der Waals surface area contributed by atoms with E-state index in [0.29, 0.717) is 0 Å². The molecular formula is C11H17NO. The average Bonchev–Trinajstić information content (AvgIpc) is 2.17. The Hall–Kier alpha value is -0.860. The summed E-state index contributed by atoms with van der Waals surface area (Å²) in [6, 6.07) is 10.2. The van der Waals surface area contributed by atoms with E-state index in [-0.39, 0.29) is 6.23 Å². The molecule has 1 aromatic carbocycles. The topological polar surface area (TPSA) is 32.3 Å². The molecule has 0 fully saturated rings. The maximum Gasteiger partial charge on any atom is 0.105 e. The van der Waals surface area contributed by atoms with Crippen LogP contribution in [0.3, 0.4) is 0 Å². The first-order valence-electron chi connectivity index (χ1n) is 4.78. The van der Waals surface area contributed by atoms with Crippen LogP contribution in [-0.2, 0) is 6.42 Å². The molecule has 13 heavy (non-hydrogen) atoms. The molecule has 1 unspecified atom stereocenters. The molecule has 0 spiro atoms. The Morgan fingerprint density at radius 3 is 2.62 bits per heavy atom. The normalized spacial score (nSPS) is 12.8. The monoisotopic (exact) mass is 179 g/mol. The quantitative estimate of drug-likeness (QED) is 0.672. The maximum absolute atomic E-state index is 9.40. The van der Waals surface area contributed by atoms with Crippen LogP contribution >= 0.6 is 0 Å². The molecular weight excluding hydrogens is 162 g/mol. The van der Waals surface area contributed by atoms with Gasteiger partial charge in [-0.3, -0.25) is 5.32 Å². The van der Waals surface area contributed by atoms with Crippen molar-refractivity contribution in [2.75, 3.05) is 6.54 Å². The highest BCUT2D eigenvalue weighted by Crippen LogP contribution is 2.03. The first kappa shape index (κ1) is 10.2. The Balaban J connectivity index is 2.27. The summed E-state index contributed by atoms with van der Waals surface area (Å²) < 4.78 is 0. The molecule has 0 saturated heterocycles. The number of hydrogen-bond acceptors (Lipinski definition) is 2. The number of hydrogen-bond donors (Lipinski definition) is 2. The minimum atomic E-state index is -0.370. The van der Waals surface area contributed by atoms with Gasteiger partial charge < -0.3 is 5.11 Å². The smallest absolute Gasteiger partial charge is 0.105 e. The van der Waals surface area contributed by atoms with Crippen molar-refractivity contribution in [2.24, 2.45) is 0 Å². The van der Waals surface area contributed by atoms with Crippen LogP contribution in [0.2, 0.25) is 0 Å². The van der Waals surface area contributed by atoms with E-state index >= 15 is 0 Å². The van der Waals surface area contributed by atoms with E-state index in [1.807, 2.05) is 25.1 Å². The number of aryl methyl sites for hydroxylation is 1. The zero-order valence-electron chi connectivity index (χ0n) is 8.03. The summed E-state index contributed by atoms with van der Waals surface area (Å²) in [5, 5.41) is 12.4. The van der Waals surface area contributed by atoms with Crippen molar-refractivity contribution < 1.29 is 5.11 Å². The lowest BCUT2D eigenvalue weighted by Gasteiger charge is -2.10. The van der Waals surface area contributed by atoms with E-state index in [0.717, 1.165) is 19.4 Å². The van der Waals surface area contributed by atoms with Gasteiger partial charge in [-0.05, 0) is 24.9 Å². The minimum Gasteiger partial charge on any atom is -0.379 e. The summed E-state index contributed by atoms with van der Waals surface area (Å²) in [6.07, 6.45) is 1.33. The number of nitrogens with one attached hydrogen (secondary N) is 1. The molecule has 2 nitrogen and oxygen atoms in total. The lowest BCUT2D eigenvalue weighted by Crippen LogP contribution is -2.28. The van der Waals surface area contributed by atoms with Gasteiger partial charge in [-0.1, -0.05) is 37.3 Å². The Morgan fingerprint density at radius 1 is 1.31 bits per heavy atom. The summed E-state index contributed by atoms with van der Waals surface area (Å²) in [7, 11) is 0. The first-order valence-corrected chi connectivity index (χ1v) is 4.78. The third-order valence-electron chi connectivity index (χ3n) is 1.99. The number of aliphatic hydroxyl groups excluding tert-OH is 1. The standard InChI is InChI=1S/C11H17NO/c1-2-12-11(13)9-8-10-6-4-3-5-7-10/h3-7,11-13H,2,8-9H2,1H3. The lowest BCUT2D eigenvalue weighted by molar-refractivity contribution is 0.130. The van der Waals surface area contributed by atoms with Gasteiger partial charge in [0.05, 0.1) is 0 Å². The summed E-state index contributed by atoms with van der Waals surface area (Å²) in [5.41, 5.74) is 1.28. The predicted molar refractivity (Wildman–Crippen MR) is 54.4 cm³/mol. The zero-order valence-corrected chi connectivity index (χ0v) is 8.03. The molecule has 0 amide bonds. The molecule has 0 aliphatic carbocycles. The Labute approximate surface area is 79.6 Å². The first-order chi connectivity index (χ1) is 6.33. The molecule has 0 heterocycles. The van der Waals surface area contributed by atoms with Gasteiger partial charge in [0.25, 0.3) is 0 Å². The van der Waals surface area contributed by atoms with E-state index in [2.05, 4.69) is 17.4 Å². The van der Waals surface area contributed by atoms with Crippen molar-refractivity contribution in [1.29, 1.82) is 0 Å². The summed E-state index contributed by atoms with van der Waals surface area (Å²) in [4.78, 5) is 0. The Kier molecular flexibility index (Phi) is 4.50. The van der Waals surface area contributed by atoms with Crippen LogP contribution in [0.4, 0.5) is 0 Å². The number of benzene rings is 1. The second-order valence-electron chi connectivity index (χ2n) is 3.10. The average molecular weight is 179 g/mol. The van der Waals surface area contributed by atoms with Gasteiger partial charge in [0.2, 0.25) is 0 Å². The lowest BCUT2D eigenvalue weighted by atomic mass is 10.1. The molecule has 0 saturated carbocycles. The van der Waals surface area contributed by atoms with Crippen LogP contribution in [-0.4, -0.2) is 17.9 Å². The molecule has 2 heteroatoms. The van der Waals surface area contributed by atoms with Crippen LogP contribution in [0, 0.1) is 0 Å². The van der Waals surface area contributed by atoms with Crippen molar-refractivity contribution >= 4 is 0 Å². The van der Waals surface area contributed by atoms with Crippen molar-refractivity contribution in [3.05, 3.63) is 35.9 Å². The SMILES string of the molecule is CCNC(O)CCc1ccccc1. The fraction of sp³-hybridized carbons (Fsp3) is 0.455.